The molecule has 2 aliphatic rings. The van der Waals surface area contributed by atoms with E-state index in [2.05, 4.69) is 24.7 Å². The maximum atomic E-state index is 12.9. The Labute approximate surface area is 224 Å². The van der Waals surface area contributed by atoms with Crippen molar-refractivity contribution in [2.75, 3.05) is 18.1 Å². The quantitative estimate of drug-likeness (QED) is 0.125. The van der Waals surface area contributed by atoms with Crippen LogP contribution in [0.3, 0.4) is 0 Å². The predicted molar refractivity (Wildman–Crippen MR) is 128 cm³/mol. The standard InChI is InChI=1S/C20H17F3N8O6S2/c21-20(22,23)7-37-28-10(14-27-19(25)39-29-14)15(33)26-11-16(34)31-12(18(35)36)9(6-38-17(11)31)5-30-3-1-8(2-4-30)13(24)32/h1-4,11,17H,5-7H2,(H5-,24,25,26,27,29,32,33,35,36)/p+1/t11?,17-/m1/s1. The van der Waals surface area contributed by atoms with Crippen molar-refractivity contribution in [3.8, 4) is 0 Å². The number of carboxylic acid groups (broad SMARTS) is 1. The van der Waals surface area contributed by atoms with Gasteiger partial charge in [0.15, 0.2) is 24.1 Å². The number of carbonyl (C=O) groups excluding carboxylic acids is 3. The average molecular weight is 588 g/mol. The number of hydrogen-bond acceptors (Lipinski definition) is 11. The molecule has 0 spiro atoms. The summed E-state index contributed by atoms with van der Waals surface area (Å²) in [6, 6.07) is 1.71. The maximum absolute atomic E-state index is 12.9. The second-order valence-electron chi connectivity index (χ2n) is 8.03. The van der Waals surface area contributed by atoms with Crippen LogP contribution in [-0.4, -0.2) is 78.7 Å². The topological polar surface area (TPSA) is 207 Å². The lowest BCUT2D eigenvalue weighted by Gasteiger charge is -2.49. The molecule has 1 unspecified atom stereocenters. The Morgan fingerprint density at radius 2 is 2.00 bits per heavy atom. The normalized spacial score (nSPS) is 19.3. The van der Waals surface area contributed by atoms with Crippen molar-refractivity contribution in [3.63, 3.8) is 0 Å². The zero-order valence-electron chi connectivity index (χ0n) is 19.4. The van der Waals surface area contributed by atoms with Gasteiger partial charge in [0.05, 0.1) is 5.56 Å². The van der Waals surface area contributed by atoms with E-state index in [1.165, 1.54) is 36.3 Å². The number of aromatic nitrogens is 3. The Kier molecular flexibility index (Phi) is 7.72. The zero-order chi connectivity index (χ0) is 28.5. The fourth-order valence-corrected chi connectivity index (χ4v) is 5.42. The highest BCUT2D eigenvalue weighted by Crippen LogP contribution is 2.40. The average Bonchev–Trinajstić information content (AvgIpc) is 3.29. The summed E-state index contributed by atoms with van der Waals surface area (Å²) in [6.45, 7) is -1.71. The number of oxime groups is 1. The number of carbonyl (C=O) groups is 4. The molecule has 0 bridgehead atoms. The molecule has 2 aliphatic heterocycles. The van der Waals surface area contributed by atoms with Crippen LogP contribution in [0, 0.1) is 0 Å². The van der Waals surface area contributed by atoms with Gasteiger partial charge >= 0.3 is 12.1 Å². The molecule has 0 saturated carbocycles. The lowest BCUT2D eigenvalue weighted by molar-refractivity contribution is -0.689. The molecule has 3 amide bonds. The third kappa shape index (κ3) is 6.08. The van der Waals surface area contributed by atoms with Gasteiger partial charge in [0.2, 0.25) is 24.1 Å². The molecule has 206 valence electrons. The molecule has 19 heteroatoms. The number of rotatable bonds is 9. The molecular formula is C20H18F3N8O6S2+. The molecular weight excluding hydrogens is 569 g/mol. The van der Waals surface area contributed by atoms with Crippen LogP contribution >= 0.6 is 23.3 Å². The third-order valence-electron chi connectivity index (χ3n) is 5.34. The van der Waals surface area contributed by atoms with E-state index < -0.39 is 59.4 Å². The molecule has 2 aromatic rings. The largest absolute Gasteiger partial charge is 0.477 e. The first-order chi connectivity index (χ1) is 18.4. The number of amides is 3. The van der Waals surface area contributed by atoms with Gasteiger partial charge in [-0.3, -0.25) is 19.3 Å². The number of hydrogen-bond donors (Lipinski definition) is 4. The fraction of sp³-hybridized carbons (Fsp3) is 0.300. The molecule has 2 atom stereocenters. The first-order valence-electron chi connectivity index (χ1n) is 10.7. The van der Waals surface area contributed by atoms with Gasteiger partial charge in [0.1, 0.15) is 17.1 Å². The van der Waals surface area contributed by atoms with Gasteiger partial charge in [-0.1, -0.05) is 5.16 Å². The number of thioether (sulfide) groups is 1. The Hall–Kier alpha value is -4.26. The second-order valence-corrected chi connectivity index (χ2v) is 9.91. The van der Waals surface area contributed by atoms with Crippen molar-refractivity contribution >= 4 is 57.8 Å². The van der Waals surface area contributed by atoms with Gasteiger partial charge in [-0.2, -0.15) is 22.5 Å². The van der Waals surface area contributed by atoms with E-state index in [9.17, 15) is 37.5 Å². The van der Waals surface area contributed by atoms with Crippen molar-refractivity contribution in [2.45, 2.75) is 24.1 Å². The number of pyridine rings is 1. The van der Waals surface area contributed by atoms with Crippen LogP contribution in [0.4, 0.5) is 18.3 Å². The van der Waals surface area contributed by atoms with Crippen LogP contribution in [0.2, 0.25) is 0 Å². The summed E-state index contributed by atoms with van der Waals surface area (Å²) >= 11 is 1.82. The molecule has 0 aromatic carbocycles. The van der Waals surface area contributed by atoms with Gasteiger partial charge < -0.3 is 26.7 Å². The summed E-state index contributed by atoms with van der Waals surface area (Å²) in [5.41, 5.74) is 10.3. The van der Waals surface area contributed by atoms with Crippen LogP contribution in [-0.2, 0) is 25.8 Å². The molecule has 14 nitrogen and oxygen atoms in total. The first-order valence-corrected chi connectivity index (χ1v) is 12.5. The highest BCUT2D eigenvalue weighted by molar-refractivity contribution is 8.00. The summed E-state index contributed by atoms with van der Waals surface area (Å²) in [5.74, 6) is -4.11. The Balaban J connectivity index is 1.51. The highest BCUT2D eigenvalue weighted by atomic mass is 32.2. The molecule has 4 rings (SSSR count). The molecule has 1 fully saturated rings. The molecule has 4 heterocycles. The zero-order valence-corrected chi connectivity index (χ0v) is 21.0. The van der Waals surface area contributed by atoms with E-state index in [0.29, 0.717) is 17.1 Å². The number of nitrogens with zero attached hydrogens (tertiary/aromatic N) is 5. The molecule has 1 saturated heterocycles. The van der Waals surface area contributed by atoms with Crippen molar-refractivity contribution in [2.24, 2.45) is 10.9 Å². The third-order valence-corrected chi connectivity index (χ3v) is 7.22. The van der Waals surface area contributed by atoms with E-state index in [-0.39, 0.29) is 28.7 Å². The summed E-state index contributed by atoms with van der Waals surface area (Å²) in [4.78, 5) is 58.1. The fourth-order valence-electron chi connectivity index (χ4n) is 3.65. The van der Waals surface area contributed by atoms with Crippen molar-refractivity contribution in [3.05, 3.63) is 47.2 Å². The second kappa shape index (κ2) is 10.8. The van der Waals surface area contributed by atoms with Crippen molar-refractivity contribution in [1.29, 1.82) is 0 Å². The number of alkyl halides is 3. The highest BCUT2D eigenvalue weighted by Gasteiger charge is 2.55. The molecule has 0 radical (unpaired) electrons. The summed E-state index contributed by atoms with van der Waals surface area (Å²) < 4.78 is 42.8. The van der Waals surface area contributed by atoms with Gasteiger partial charge in [-0.05, 0) is 0 Å². The predicted octanol–water partition coefficient (Wildman–Crippen LogP) is -0.771. The van der Waals surface area contributed by atoms with Crippen molar-refractivity contribution in [1.82, 2.24) is 19.6 Å². The van der Waals surface area contributed by atoms with E-state index in [0.717, 1.165) is 4.90 Å². The van der Waals surface area contributed by atoms with Gasteiger partial charge in [0, 0.05) is 35.0 Å². The van der Waals surface area contributed by atoms with Crippen molar-refractivity contribution < 1.29 is 46.9 Å². The Morgan fingerprint density at radius 3 is 2.56 bits per heavy atom. The maximum Gasteiger partial charge on any atom is 0.425 e. The first kappa shape index (κ1) is 27.8. The number of fused-ring (bicyclic) bond motifs is 1. The van der Waals surface area contributed by atoms with E-state index >= 15 is 0 Å². The number of aliphatic carboxylic acids is 1. The number of primary amides is 1. The number of carboxylic acids is 1. The van der Waals surface area contributed by atoms with Gasteiger partial charge in [-0.25, -0.2) is 9.36 Å². The smallest absolute Gasteiger partial charge is 0.425 e. The summed E-state index contributed by atoms with van der Waals surface area (Å²) in [5, 5.41) is 14.5. The minimum absolute atomic E-state index is 0.0888. The monoisotopic (exact) mass is 587 g/mol. The van der Waals surface area contributed by atoms with Crippen LogP contribution < -0.4 is 21.4 Å². The number of anilines is 1. The summed E-state index contributed by atoms with van der Waals surface area (Å²) in [7, 11) is 0. The number of nitrogen functional groups attached to an aromatic ring is 1. The molecule has 6 N–H and O–H groups in total. The molecule has 2 aromatic heterocycles. The van der Waals surface area contributed by atoms with Crippen LogP contribution in [0.15, 0.2) is 41.0 Å². The molecule has 39 heavy (non-hydrogen) atoms. The van der Waals surface area contributed by atoms with E-state index in [1.807, 2.05) is 0 Å². The Bertz CT molecular complexity index is 1390. The number of nitrogens with one attached hydrogen (secondary N) is 1. The molecule has 0 aliphatic carbocycles. The number of halogens is 3. The lowest BCUT2D eigenvalue weighted by atomic mass is 10.0. The van der Waals surface area contributed by atoms with E-state index in [1.54, 1.807) is 4.57 Å². The SMILES string of the molecule is NC(=O)c1cc[n+](CC2=C(C(=O)O)N3C(=O)C(NC(=O)C(=NOCC(F)(F)F)c4nsc(N)n4)[C@H]3SC2)cc1. The van der Waals surface area contributed by atoms with Crippen LogP contribution in [0.1, 0.15) is 16.2 Å². The minimum Gasteiger partial charge on any atom is -0.477 e. The number of β-lactam (4-membered cyclic amide) rings is 1. The van der Waals surface area contributed by atoms with E-state index in [4.69, 9.17) is 11.5 Å². The summed E-state index contributed by atoms with van der Waals surface area (Å²) in [6.07, 6.45) is -1.67. The minimum atomic E-state index is -4.73. The van der Waals surface area contributed by atoms with Gasteiger partial charge in [0.25, 0.3) is 11.8 Å². The Morgan fingerprint density at radius 1 is 1.31 bits per heavy atom. The number of nitrogens with two attached hydrogens (primary N) is 2. The lowest BCUT2D eigenvalue weighted by Crippen LogP contribution is -2.71. The van der Waals surface area contributed by atoms with Crippen LogP contribution in [0.5, 0.6) is 0 Å². The van der Waals surface area contributed by atoms with Crippen LogP contribution in [0.25, 0.3) is 0 Å². The van der Waals surface area contributed by atoms with Gasteiger partial charge in [-0.15, -0.1) is 11.8 Å².